The fourth-order valence-electron chi connectivity index (χ4n) is 1.69. The van der Waals surface area contributed by atoms with E-state index >= 15 is 0 Å². The Balaban J connectivity index is 2.41. The van der Waals surface area contributed by atoms with Gasteiger partial charge in [-0.15, -0.1) is 0 Å². The molecule has 0 fully saturated rings. The largest absolute Gasteiger partial charge is 0.287 e. The number of nitrogens with zero attached hydrogens (tertiary/aromatic N) is 1. The van der Waals surface area contributed by atoms with Crippen LogP contribution >= 0.6 is 0 Å². The monoisotopic (exact) mass is 173 g/mol. The van der Waals surface area contributed by atoms with Crippen LogP contribution < -0.4 is 5.73 Å². The molecule has 1 heterocycles. The number of hydrogen-bond donors (Lipinski definition) is 1. The molecule has 0 saturated carbocycles. The summed E-state index contributed by atoms with van der Waals surface area (Å²) in [6.45, 7) is 5.44. The summed E-state index contributed by atoms with van der Waals surface area (Å²) in [5.41, 5.74) is 8.45. The molecule has 2 nitrogen and oxygen atoms in total. The maximum atomic E-state index is 5.97. The average Bonchev–Trinajstić information content (AvgIpc) is 2.46. The van der Waals surface area contributed by atoms with Crippen LogP contribution in [0.2, 0.25) is 0 Å². The van der Waals surface area contributed by atoms with Crippen LogP contribution in [0.3, 0.4) is 0 Å². The zero-order valence-electron chi connectivity index (χ0n) is 7.53. The van der Waals surface area contributed by atoms with Crippen molar-refractivity contribution in [3.8, 4) is 0 Å². The Bertz CT molecular complexity index is 377. The molecular weight excluding hydrogens is 160 g/mol. The molecule has 0 unspecified atom stereocenters. The van der Waals surface area contributed by atoms with Crippen molar-refractivity contribution >= 4 is 5.84 Å². The molecule has 1 aliphatic rings. The van der Waals surface area contributed by atoms with Crippen molar-refractivity contribution in [2.24, 2.45) is 5.73 Å². The number of amidine groups is 1. The van der Waals surface area contributed by atoms with Gasteiger partial charge < -0.3 is 0 Å². The van der Waals surface area contributed by atoms with E-state index in [9.17, 15) is 0 Å². The molecule has 0 aliphatic carbocycles. The molecule has 0 amide bonds. The summed E-state index contributed by atoms with van der Waals surface area (Å²) in [6.07, 6.45) is 1.87. The first-order valence-electron chi connectivity index (χ1n) is 4.39. The average molecular weight is 173 g/mol. The van der Waals surface area contributed by atoms with Crippen LogP contribution in [0.4, 0.5) is 0 Å². The van der Waals surface area contributed by atoms with E-state index in [4.69, 9.17) is 5.73 Å². The first-order chi connectivity index (χ1) is 6.33. The second kappa shape index (κ2) is 3.05. The Morgan fingerprint density at radius 1 is 1.46 bits per heavy atom. The van der Waals surface area contributed by atoms with Crippen molar-refractivity contribution < 1.29 is 4.58 Å². The molecule has 0 spiro atoms. The van der Waals surface area contributed by atoms with Crippen LogP contribution in [0.15, 0.2) is 36.9 Å². The number of benzene rings is 1. The summed E-state index contributed by atoms with van der Waals surface area (Å²) in [5, 5.41) is 0. The molecule has 13 heavy (non-hydrogen) atoms. The molecule has 1 aromatic rings. The summed E-state index contributed by atoms with van der Waals surface area (Å²) in [6, 6.07) is 8.24. The van der Waals surface area contributed by atoms with Gasteiger partial charge in [-0.25, -0.2) is 0 Å². The first kappa shape index (κ1) is 8.05. The lowest BCUT2D eigenvalue weighted by molar-refractivity contribution is -0.529. The number of fused-ring (bicyclic) bond motifs is 1. The fourth-order valence-corrected chi connectivity index (χ4v) is 1.69. The number of hydrogen-bond acceptors (Lipinski definition) is 1. The summed E-state index contributed by atoms with van der Waals surface area (Å²) >= 11 is 0. The summed E-state index contributed by atoms with van der Waals surface area (Å²) < 4.78 is 2.12. The summed E-state index contributed by atoms with van der Waals surface area (Å²) in [7, 11) is 0. The van der Waals surface area contributed by atoms with Crippen LogP contribution in [0, 0.1) is 0 Å². The summed E-state index contributed by atoms with van der Waals surface area (Å²) in [5.74, 6) is 0.871. The van der Waals surface area contributed by atoms with E-state index in [1.807, 2.05) is 18.2 Å². The predicted molar refractivity (Wildman–Crippen MR) is 53.8 cm³/mol. The van der Waals surface area contributed by atoms with Gasteiger partial charge in [0.25, 0.3) is 5.84 Å². The lowest BCUT2D eigenvalue weighted by Crippen LogP contribution is -2.23. The van der Waals surface area contributed by atoms with Crippen LogP contribution in [-0.4, -0.2) is 17.0 Å². The van der Waals surface area contributed by atoms with E-state index in [-0.39, 0.29) is 0 Å². The highest BCUT2D eigenvalue weighted by Gasteiger charge is 2.22. The minimum Gasteiger partial charge on any atom is -0.287 e. The van der Waals surface area contributed by atoms with E-state index in [1.165, 1.54) is 11.1 Å². The van der Waals surface area contributed by atoms with E-state index in [0.717, 1.165) is 18.9 Å². The van der Waals surface area contributed by atoms with Crippen molar-refractivity contribution in [3.63, 3.8) is 0 Å². The fraction of sp³-hybridized carbons (Fsp3) is 0.182. The highest BCUT2D eigenvalue weighted by molar-refractivity contribution is 5.96. The van der Waals surface area contributed by atoms with Gasteiger partial charge in [-0.1, -0.05) is 30.9 Å². The van der Waals surface area contributed by atoms with Crippen molar-refractivity contribution in [3.05, 3.63) is 48.0 Å². The summed E-state index contributed by atoms with van der Waals surface area (Å²) in [4.78, 5) is 0. The molecule has 0 bridgehead atoms. The van der Waals surface area contributed by atoms with Crippen LogP contribution in [0.1, 0.15) is 11.1 Å². The highest BCUT2D eigenvalue weighted by atomic mass is 15.1. The molecule has 2 heteroatoms. The van der Waals surface area contributed by atoms with E-state index in [0.29, 0.717) is 0 Å². The van der Waals surface area contributed by atoms with E-state index in [1.54, 1.807) is 0 Å². The Hall–Kier alpha value is -1.57. The van der Waals surface area contributed by atoms with Gasteiger partial charge in [0.1, 0.15) is 13.1 Å². The van der Waals surface area contributed by atoms with Gasteiger partial charge in [-0.2, -0.15) is 0 Å². The van der Waals surface area contributed by atoms with E-state index < -0.39 is 0 Å². The first-order valence-corrected chi connectivity index (χ1v) is 4.39. The minimum atomic E-state index is 0.820. The third-order valence-electron chi connectivity index (χ3n) is 2.34. The van der Waals surface area contributed by atoms with Crippen molar-refractivity contribution in [1.82, 2.24) is 0 Å². The van der Waals surface area contributed by atoms with Crippen LogP contribution in [-0.2, 0) is 6.54 Å². The molecule has 1 aliphatic heterocycles. The second-order valence-electron chi connectivity index (χ2n) is 3.21. The van der Waals surface area contributed by atoms with Crippen molar-refractivity contribution in [2.75, 3.05) is 6.54 Å². The molecule has 2 N–H and O–H groups in total. The SMILES string of the molecule is C=CC[N+]1=C(N)c2ccccc2C1. The van der Waals surface area contributed by atoms with Crippen LogP contribution in [0.25, 0.3) is 0 Å². The molecule has 2 rings (SSSR count). The normalized spacial score (nSPS) is 14.5. The maximum Gasteiger partial charge on any atom is 0.275 e. The predicted octanol–water partition coefficient (Wildman–Crippen LogP) is 1.10. The molecule has 0 radical (unpaired) electrons. The molecular formula is C11H13N2+. The Morgan fingerprint density at radius 2 is 2.23 bits per heavy atom. The standard InChI is InChI=1S/C11H12N2/c1-2-7-13-8-9-5-3-4-6-10(9)11(13)12/h2-6,12H,1,7-8H2/p+1. The lowest BCUT2D eigenvalue weighted by atomic mass is 10.1. The molecule has 1 aromatic carbocycles. The van der Waals surface area contributed by atoms with Gasteiger partial charge >= 0.3 is 0 Å². The zero-order chi connectivity index (χ0) is 9.26. The Labute approximate surface area is 78.0 Å². The second-order valence-corrected chi connectivity index (χ2v) is 3.21. The minimum absolute atomic E-state index is 0.820. The van der Waals surface area contributed by atoms with Gasteiger partial charge in [0.15, 0.2) is 0 Å². The maximum absolute atomic E-state index is 5.97. The Kier molecular flexibility index (Phi) is 1.89. The van der Waals surface area contributed by atoms with Gasteiger partial charge in [0.05, 0.1) is 5.56 Å². The smallest absolute Gasteiger partial charge is 0.275 e. The van der Waals surface area contributed by atoms with Gasteiger partial charge in [0.2, 0.25) is 0 Å². The van der Waals surface area contributed by atoms with Gasteiger partial charge in [0, 0.05) is 5.56 Å². The molecule has 66 valence electrons. The lowest BCUT2D eigenvalue weighted by Gasteiger charge is -1.96. The number of nitrogens with two attached hydrogens (primary N) is 1. The van der Waals surface area contributed by atoms with Crippen molar-refractivity contribution in [1.29, 1.82) is 0 Å². The van der Waals surface area contributed by atoms with Crippen LogP contribution in [0.5, 0.6) is 0 Å². The number of rotatable bonds is 2. The van der Waals surface area contributed by atoms with Gasteiger partial charge in [-0.05, 0) is 6.07 Å². The molecule has 0 saturated heterocycles. The zero-order valence-corrected chi connectivity index (χ0v) is 7.53. The molecule has 0 aromatic heterocycles. The topological polar surface area (TPSA) is 29.0 Å². The quantitative estimate of drug-likeness (QED) is 0.526. The van der Waals surface area contributed by atoms with E-state index in [2.05, 4.69) is 23.3 Å². The Morgan fingerprint density at radius 3 is 2.92 bits per heavy atom. The third-order valence-corrected chi connectivity index (χ3v) is 2.34. The third kappa shape index (κ3) is 1.24. The highest BCUT2D eigenvalue weighted by Crippen LogP contribution is 2.15. The molecule has 0 atom stereocenters. The van der Waals surface area contributed by atoms with Crippen molar-refractivity contribution in [2.45, 2.75) is 6.54 Å². The van der Waals surface area contributed by atoms with Gasteiger partial charge in [-0.3, -0.25) is 10.3 Å².